The molecule has 4 rings (SSSR count). The zero-order valence-corrected chi connectivity index (χ0v) is 17.1. The summed E-state index contributed by atoms with van der Waals surface area (Å²) in [5, 5.41) is 14.8. The van der Waals surface area contributed by atoms with Gasteiger partial charge >= 0.3 is 18.1 Å². The van der Waals surface area contributed by atoms with Crippen molar-refractivity contribution >= 4 is 11.9 Å². The van der Waals surface area contributed by atoms with Gasteiger partial charge in [0.1, 0.15) is 0 Å². The lowest BCUT2D eigenvalue weighted by molar-refractivity contribution is -0.159. The minimum atomic E-state index is -4.27. The summed E-state index contributed by atoms with van der Waals surface area (Å²) in [5.74, 6) is -1.30. The molecule has 0 amide bonds. The summed E-state index contributed by atoms with van der Waals surface area (Å²) in [5.41, 5.74) is -0.104. The lowest BCUT2D eigenvalue weighted by Crippen LogP contribution is -2.47. The Balaban J connectivity index is 0.000000401. The second-order valence-corrected chi connectivity index (χ2v) is 8.38. The lowest BCUT2D eigenvalue weighted by atomic mass is 9.93. The molecule has 2 bridgehead atoms. The quantitative estimate of drug-likeness (QED) is 0.553. The maximum atomic E-state index is 13.1. The summed E-state index contributed by atoms with van der Waals surface area (Å²) >= 11 is 0. The highest BCUT2D eigenvalue weighted by molar-refractivity contribution is 6.27. The first-order valence-electron chi connectivity index (χ1n) is 10.4. The first-order valence-corrected chi connectivity index (χ1v) is 10.4. The summed E-state index contributed by atoms with van der Waals surface area (Å²) in [6, 6.07) is 5.96. The molecule has 0 aromatic heterocycles. The smallest absolute Gasteiger partial charge is 0.416 e. The number of carboxylic acids is 2. The van der Waals surface area contributed by atoms with Gasteiger partial charge < -0.3 is 15.1 Å². The fourth-order valence-electron chi connectivity index (χ4n) is 4.74. The highest BCUT2D eigenvalue weighted by Gasteiger charge is 2.37. The van der Waals surface area contributed by atoms with E-state index < -0.39 is 23.7 Å². The molecule has 3 atom stereocenters. The molecule has 1 saturated heterocycles. The Kier molecular flexibility index (Phi) is 7.38. The summed E-state index contributed by atoms with van der Waals surface area (Å²) in [6.07, 6.45) is 3.15. The van der Waals surface area contributed by atoms with E-state index in [-0.39, 0.29) is 0 Å². The molecule has 1 heterocycles. The van der Waals surface area contributed by atoms with Crippen LogP contribution in [0.2, 0.25) is 0 Å². The first-order chi connectivity index (χ1) is 14.6. The van der Waals surface area contributed by atoms with Crippen molar-refractivity contribution in [3.8, 4) is 0 Å². The van der Waals surface area contributed by atoms with Crippen LogP contribution in [0.15, 0.2) is 36.4 Å². The number of nitrogens with zero attached hydrogens (tertiary/aromatic N) is 2. The van der Waals surface area contributed by atoms with Crippen LogP contribution in [0, 0.1) is 17.8 Å². The standard InChI is InChI=1S/C20H25F3N2.C2H2O4/c21-20(22,23)19-4-2-1-3-17(19)13-24-7-9-25(10-8-24)14-18-12-15-5-6-16(18)11-15;3-1(4)2(5)6/h1-6,15-16,18H,7-14H2;(H,3,4)(H,5,6). The molecule has 3 aliphatic rings. The molecule has 2 aliphatic carbocycles. The highest BCUT2D eigenvalue weighted by atomic mass is 19.4. The Labute approximate surface area is 178 Å². The van der Waals surface area contributed by atoms with Gasteiger partial charge in [0.05, 0.1) is 5.56 Å². The molecule has 0 radical (unpaired) electrons. The van der Waals surface area contributed by atoms with E-state index in [1.54, 1.807) is 12.1 Å². The minimum Gasteiger partial charge on any atom is -0.473 e. The van der Waals surface area contributed by atoms with Crippen LogP contribution < -0.4 is 0 Å². The maximum Gasteiger partial charge on any atom is 0.416 e. The second-order valence-electron chi connectivity index (χ2n) is 8.38. The molecule has 170 valence electrons. The molecule has 6 nitrogen and oxygen atoms in total. The largest absolute Gasteiger partial charge is 0.473 e. The van der Waals surface area contributed by atoms with E-state index in [1.165, 1.54) is 25.0 Å². The molecular weight excluding hydrogens is 413 g/mol. The van der Waals surface area contributed by atoms with Crippen molar-refractivity contribution in [3.05, 3.63) is 47.5 Å². The molecule has 1 aliphatic heterocycles. The number of aliphatic carboxylic acids is 2. The van der Waals surface area contributed by atoms with E-state index in [0.717, 1.165) is 50.5 Å². The highest BCUT2D eigenvalue weighted by Crippen LogP contribution is 2.43. The van der Waals surface area contributed by atoms with Gasteiger partial charge in [-0.3, -0.25) is 4.90 Å². The molecule has 9 heteroatoms. The molecule has 31 heavy (non-hydrogen) atoms. The number of fused-ring (bicyclic) bond motifs is 2. The third kappa shape index (κ3) is 6.30. The van der Waals surface area contributed by atoms with Crippen molar-refractivity contribution < 1.29 is 33.0 Å². The van der Waals surface area contributed by atoms with E-state index in [9.17, 15) is 13.2 Å². The van der Waals surface area contributed by atoms with Crippen LogP contribution >= 0.6 is 0 Å². The second kappa shape index (κ2) is 9.82. The molecule has 1 aromatic carbocycles. The SMILES string of the molecule is FC(F)(F)c1ccccc1CN1CCN(CC2CC3C=CC2C3)CC1.O=C(O)C(=O)O. The Hall–Kier alpha value is -2.39. The van der Waals surface area contributed by atoms with Gasteiger partial charge in [-0.05, 0) is 42.2 Å². The third-order valence-electron chi connectivity index (χ3n) is 6.27. The number of carbonyl (C=O) groups is 2. The van der Waals surface area contributed by atoms with E-state index in [4.69, 9.17) is 19.8 Å². The van der Waals surface area contributed by atoms with Gasteiger partial charge in [-0.1, -0.05) is 30.4 Å². The number of carboxylic acid groups (broad SMARTS) is 2. The van der Waals surface area contributed by atoms with Crippen molar-refractivity contribution in [2.45, 2.75) is 25.6 Å². The monoisotopic (exact) mass is 440 g/mol. The van der Waals surface area contributed by atoms with Crippen LogP contribution in [0.25, 0.3) is 0 Å². The molecule has 2 N–H and O–H groups in total. The Morgan fingerprint density at radius 1 is 0.935 bits per heavy atom. The van der Waals surface area contributed by atoms with Crippen molar-refractivity contribution in [1.29, 1.82) is 0 Å². The van der Waals surface area contributed by atoms with Gasteiger partial charge in [0, 0.05) is 39.3 Å². The van der Waals surface area contributed by atoms with Crippen molar-refractivity contribution in [2.24, 2.45) is 17.8 Å². The van der Waals surface area contributed by atoms with Crippen molar-refractivity contribution in [3.63, 3.8) is 0 Å². The summed E-state index contributed by atoms with van der Waals surface area (Å²) < 4.78 is 39.4. The van der Waals surface area contributed by atoms with Crippen LogP contribution in [0.5, 0.6) is 0 Å². The Morgan fingerprint density at radius 3 is 2.06 bits per heavy atom. The predicted molar refractivity (Wildman–Crippen MR) is 107 cm³/mol. The Bertz CT molecular complexity index is 807. The Morgan fingerprint density at radius 2 is 1.55 bits per heavy atom. The molecule has 1 aromatic rings. The van der Waals surface area contributed by atoms with Crippen LogP contribution in [0.4, 0.5) is 13.2 Å². The number of benzene rings is 1. The molecule has 1 saturated carbocycles. The normalized spacial score (nSPS) is 25.8. The minimum absolute atomic E-state index is 0.389. The molecule has 0 spiro atoms. The van der Waals surface area contributed by atoms with Crippen LogP contribution in [-0.2, 0) is 22.3 Å². The average molecular weight is 440 g/mol. The van der Waals surface area contributed by atoms with Gasteiger partial charge in [-0.15, -0.1) is 0 Å². The van der Waals surface area contributed by atoms with E-state index in [1.807, 2.05) is 0 Å². The number of piperazine rings is 1. The summed E-state index contributed by atoms with van der Waals surface area (Å²) in [7, 11) is 0. The van der Waals surface area contributed by atoms with Crippen molar-refractivity contribution in [2.75, 3.05) is 32.7 Å². The van der Waals surface area contributed by atoms with E-state index in [2.05, 4.69) is 22.0 Å². The first kappa shape index (κ1) is 23.3. The number of halogens is 3. The van der Waals surface area contributed by atoms with Crippen LogP contribution in [0.1, 0.15) is 24.0 Å². The van der Waals surface area contributed by atoms with Crippen LogP contribution in [0.3, 0.4) is 0 Å². The van der Waals surface area contributed by atoms with Gasteiger partial charge in [0.15, 0.2) is 0 Å². The number of hydrogen-bond acceptors (Lipinski definition) is 4. The zero-order valence-electron chi connectivity index (χ0n) is 17.1. The number of allylic oxidation sites excluding steroid dienone is 2. The van der Waals surface area contributed by atoms with E-state index >= 15 is 0 Å². The molecule has 3 unspecified atom stereocenters. The lowest BCUT2D eigenvalue weighted by Gasteiger charge is -2.37. The number of hydrogen-bond donors (Lipinski definition) is 2. The molecular formula is C22H27F3N2O4. The fraction of sp³-hybridized carbons (Fsp3) is 0.545. The third-order valence-corrected chi connectivity index (χ3v) is 6.27. The maximum absolute atomic E-state index is 13.1. The number of rotatable bonds is 4. The summed E-state index contributed by atoms with van der Waals surface area (Å²) in [6.45, 7) is 5.17. The topological polar surface area (TPSA) is 81.1 Å². The molecule has 2 fully saturated rings. The van der Waals surface area contributed by atoms with Crippen molar-refractivity contribution in [1.82, 2.24) is 9.80 Å². The van der Waals surface area contributed by atoms with Crippen LogP contribution in [-0.4, -0.2) is 64.7 Å². The number of alkyl halides is 3. The average Bonchev–Trinajstić information content (AvgIpc) is 3.33. The zero-order chi connectivity index (χ0) is 22.6. The van der Waals surface area contributed by atoms with Gasteiger partial charge in [-0.2, -0.15) is 13.2 Å². The van der Waals surface area contributed by atoms with E-state index in [0.29, 0.717) is 12.1 Å². The van der Waals surface area contributed by atoms with Gasteiger partial charge in [-0.25, -0.2) is 9.59 Å². The summed E-state index contributed by atoms with van der Waals surface area (Å²) in [4.78, 5) is 22.9. The van der Waals surface area contributed by atoms with Gasteiger partial charge in [0.2, 0.25) is 0 Å². The van der Waals surface area contributed by atoms with Gasteiger partial charge in [0.25, 0.3) is 0 Å². The predicted octanol–water partition coefficient (Wildman–Crippen LogP) is 3.19. The fourth-order valence-corrected chi connectivity index (χ4v) is 4.74.